The molecule has 0 radical (unpaired) electrons. The number of hydrogen-bond donors (Lipinski definition) is 2. The van der Waals surface area contributed by atoms with E-state index in [2.05, 4.69) is 15.2 Å². The second-order valence-electron chi connectivity index (χ2n) is 5.27. The number of rotatable bonds is 5. The summed E-state index contributed by atoms with van der Waals surface area (Å²) in [6.45, 7) is 1.51. The van der Waals surface area contributed by atoms with Gasteiger partial charge in [-0.3, -0.25) is 0 Å². The van der Waals surface area contributed by atoms with Crippen LogP contribution >= 0.6 is 11.3 Å². The first-order valence-electron chi connectivity index (χ1n) is 7.02. The molecule has 1 saturated carbocycles. The number of anilines is 1. The average molecular weight is 316 g/mol. The minimum Gasteiger partial charge on any atom is -0.384 e. The van der Waals surface area contributed by atoms with E-state index in [4.69, 9.17) is 14.4 Å². The molecule has 1 aromatic rings. The summed E-state index contributed by atoms with van der Waals surface area (Å²) in [5.41, 5.74) is -0.847. The normalized spacial score (nSPS) is 23.5. The molecule has 1 saturated heterocycles. The fourth-order valence-electron chi connectivity index (χ4n) is 2.80. The van der Waals surface area contributed by atoms with Gasteiger partial charge in [0.1, 0.15) is 5.60 Å². The molecule has 2 heterocycles. The molecular weight excluding hydrogens is 296 g/mol. The average Bonchev–Trinajstić information content (AvgIpc) is 3.13. The highest BCUT2D eigenvalue weighted by Crippen LogP contribution is 2.46. The van der Waals surface area contributed by atoms with E-state index >= 15 is 0 Å². The molecule has 0 unspecified atom stereocenters. The summed E-state index contributed by atoms with van der Waals surface area (Å²) in [6, 6.07) is 0. The minimum absolute atomic E-state index is 0.215. The van der Waals surface area contributed by atoms with E-state index in [0.29, 0.717) is 44.0 Å². The van der Waals surface area contributed by atoms with E-state index in [9.17, 15) is 5.11 Å². The highest BCUT2D eigenvalue weighted by atomic mass is 32.1. The van der Waals surface area contributed by atoms with E-state index in [1.807, 2.05) is 0 Å². The van der Waals surface area contributed by atoms with Crippen LogP contribution in [0, 0.1) is 0 Å². The highest BCUT2D eigenvalue weighted by molar-refractivity contribution is 7.15. The summed E-state index contributed by atoms with van der Waals surface area (Å²) in [4.78, 5) is 14.3. The molecule has 1 aliphatic heterocycles. The number of aromatic nitrogens is 1. The number of aliphatic hydroxyl groups is 1. The fourth-order valence-corrected chi connectivity index (χ4v) is 3.74. The van der Waals surface area contributed by atoms with Crippen LogP contribution in [0.1, 0.15) is 30.6 Å². The molecule has 7 nitrogen and oxygen atoms in total. The number of ether oxygens (including phenoxy) is 2. The Labute approximate surface area is 127 Å². The third-order valence-corrected chi connectivity index (χ3v) is 5.17. The Balaban J connectivity index is 1.61. The van der Waals surface area contributed by atoms with E-state index in [-0.39, 0.29) is 6.73 Å². The molecule has 21 heavy (non-hydrogen) atoms. The van der Waals surface area contributed by atoms with Gasteiger partial charge < -0.3 is 19.9 Å². The minimum atomic E-state index is -0.847. The lowest BCUT2D eigenvalue weighted by atomic mass is 9.80. The van der Waals surface area contributed by atoms with Gasteiger partial charge in [0, 0.05) is 19.0 Å². The Kier molecular flexibility index (Phi) is 4.43. The highest BCUT2D eigenvalue weighted by Gasteiger charge is 2.46. The molecule has 2 aliphatic rings. The van der Waals surface area contributed by atoms with Crippen molar-refractivity contribution in [3.63, 3.8) is 0 Å². The molecule has 8 heteroatoms. The van der Waals surface area contributed by atoms with Gasteiger partial charge in [-0.05, 0) is 12.8 Å². The molecule has 0 aromatic carbocycles. The second kappa shape index (κ2) is 6.15. The number of nitrogens with one attached hydrogen (secondary N) is 1. The maximum atomic E-state index is 10.8. The van der Waals surface area contributed by atoms with Crippen molar-refractivity contribution in [2.45, 2.75) is 37.1 Å². The van der Waals surface area contributed by atoms with Gasteiger partial charge in [-0.25, -0.2) is 14.8 Å². The zero-order chi connectivity index (χ0) is 14.8. The summed E-state index contributed by atoms with van der Waals surface area (Å²) in [5, 5.41) is 14.5. The summed E-state index contributed by atoms with van der Waals surface area (Å²) >= 11 is 1.43. The summed E-state index contributed by atoms with van der Waals surface area (Å²) in [5.74, 6) is -0.468. The lowest BCUT2D eigenvalue weighted by Crippen LogP contribution is -2.41. The Bertz CT molecular complexity index is 465. The molecule has 2 N–H and O–H groups in total. The Hall–Kier alpha value is -0.770. The number of hydrogen-bond acceptors (Lipinski definition) is 8. The second-order valence-corrected chi connectivity index (χ2v) is 6.31. The van der Waals surface area contributed by atoms with Gasteiger partial charge in [0.15, 0.2) is 17.6 Å². The van der Waals surface area contributed by atoms with Crippen molar-refractivity contribution in [2.75, 3.05) is 32.4 Å². The van der Waals surface area contributed by atoms with Crippen LogP contribution in [0.2, 0.25) is 0 Å². The summed E-state index contributed by atoms with van der Waals surface area (Å²) in [6.07, 6.45) is 4.36. The zero-order valence-corrected chi connectivity index (χ0v) is 12.8. The molecule has 3 rings (SSSR count). The first-order chi connectivity index (χ1) is 10.2. The predicted octanol–water partition coefficient (Wildman–Crippen LogP) is 1.60. The van der Waals surface area contributed by atoms with Crippen molar-refractivity contribution in [1.82, 2.24) is 4.98 Å². The smallest absolute Gasteiger partial charge is 0.184 e. The van der Waals surface area contributed by atoms with Crippen molar-refractivity contribution in [1.29, 1.82) is 0 Å². The van der Waals surface area contributed by atoms with Crippen LogP contribution < -0.4 is 5.32 Å². The van der Waals surface area contributed by atoms with Crippen molar-refractivity contribution >= 4 is 16.5 Å². The van der Waals surface area contributed by atoms with Crippen LogP contribution in [0.5, 0.6) is 0 Å². The van der Waals surface area contributed by atoms with Crippen molar-refractivity contribution < 1.29 is 24.4 Å². The SMILES string of the molecule is COOCNc1ncc(C2(O)CCC3(CC2)OCCO3)s1. The monoisotopic (exact) mass is 316 g/mol. The largest absolute Gasteiger partial charge is 0.384 e. The van der Waals surface area contributed by atoms with Gasteiger partial charge in [0.25, 0.3) is 0 Å². The summed E-state index contributed by atoms with van der Waals surface area (Å²) in [7, 11) is 1.45. The maximum Gasteiger partial charge on any atom is 0.184 e. The quantitative estimate of drug-likeness (QED) is 0.369. The molecule has 1 aromatic heterocycles. The molecule has 1 aliphatic carbocycles. The molecule has 1 spiro atoms. The van der Waals surface area contributed by atoms with Crippen LogP contribution in [0.4, 0.5) is 5.13 Å². The zero-order valence-electron chi connectivity index (χ0n) is 12.0. The topological polar surface area (TPSA) is 82.1 Å². The van der Waals surface area contributed by atoms with Gasteiger partial charge in [-0.1, -0.05) is 11.3 Å². The predicted molar refractivity (Wildman–Crippen MR) is 75.7 cm³/mol. The van der Waals surface area contributed by atoms with Crippen molar-refractivity contribution in [3.05, 3.63) is 11.1 Å². The van der Waals surface area contributed by atoms with Crippen LogP contribution in [-0.2, 0) is 24.8 Å². The fraction of sp³-hybridized carbons (Fsp3) is 0.769. The Morgan fingerprint density at radius 2 is 2.05 bits per heavy atom. The molecule has 0 amide bonds. The maximum absolute atomic E-state index is 10.8. The third kappa shape index (κ3) is 3.20. The Morgan fingerprint density at radius 3 is 2.71 bits per heavy atom. The molecular formula is C13H20N2O5S. The van der Waals surface area contributed by atoms with E-state index in [0.717, 1.165) is 4.88 Å². The number of nitrogens with zero attached hydrogens (tertiary/aromatic N) is 1. The lowest BCUT2D eigenvalue weighted by Gasteiger charge is -2.39. The summed E-state index contributed by atoms with van der Waals surface area (Å²) < 4.78 is 11.4. The molecule has 2 fully saturated rings. The van der Waals surface area contributed by atoms with Crippen LogP contribution in [-0.4, -0.2) is 42.9 Å². The Morgan fingerprint density at radius 1 is 1.33 bits per heavy atom. The van der Waals surface area contributed by atoms with Crippen LogP contribution in [0.15, 0.2) is 6.20 Å². The van der Waals surface area contributed by atoms with Crippen molar-refractivity contribution in [2.24, 2.45) is 0 Å². The third-order valence-electron chi connectivity index (χ3n) is 4.02. The van der Waals surface area contributed by atoms with Crippen molar-refractivity contribution in [3.8, 4) is 0 Å². The van der Waals surface area contributed by atoms with Gasteiger partial charge >= 0.3 is 0 Å². The van der Waals surface area contributed by atoms with Gasteiger partial charge in [0.05, 0.1) is 25.2 Å². The lowest BCUT2D eigenvalue weighted by molar-refractivity contribution is -0.266. The number of thiazole rings is 1. The van der Waals surface area contributed by atoms with Gasteiger partial charge in [-0.15, -0.1) is 0 Å². The first kappa shape index (κ1) is 15.1. The molecule has 0 atom stereocenters. The van der Waals surface area contributed by atoms with E-state index in [1.165, 1.54) is 18.4 Å². The van der Waals surface area contributed by atoms with Crippen LogP contribution in [0.3, 0.4) is 0 Å². The molecule has 118 valence electrons. The van der Waals surface area contributed by atoms with Gasteiger partial charge in [0.2, 0.25) is 0 Å². The van der Waals surface area contributed by atoms with Gasteiger partial charge in [-0.2, -0.15) is 0 Å². The van der Waals surface area contributed by atoms with E-state index < -0.39 is 11.4 Å². The van der Waals surface area contributed by atoms with E-state index in [1.54, 1.807) is 6.20 Å². The van der Waals surface area contributed by atoms with Crippen LogP contribution in [0.25, 0.3) is 0 Å². The first-order valence-corrected chi connectivity index (χ1v) is 7.84. The standard InChI is InChI=1S/C13H20N2O5S/c1-17-20-9-15-11-14-8-10(21-11)12(16)2-4-13(5-3-12)18-6-7-19-13/h8,16H,2-7,9H2,1H3,(H,14,15). The molecule has 0 bridgehead atoms.